The third-order valence-electron chi connectivity index (χ3n) is 4.12. The summed E-state index contributed by atoms with van der Waals surface area (Å²) in [5.74, 6) is -3.14. The van der Waals surface area contributed by atoms with Crippen molar-refractivity contribution in [1.29, 1.82) is 0 Å². The van der Waals surface area contributed by atoms with Gasteiger partial charge in [-0.3, -0.25) is 4.79 Å². The number of ether oxygens (including phenoxy) is 1. The van der Waals surface area contributed by atoms with Crippen LogP contribution in [0.2, 0.25) is 0 Å². The highest BCUT2D eigenvalue weighted by atomic mass is 19.1. The largest absolute Gasteiger partial charge is 0.479 e. The van der Waals surface area contributed by atoms with E-state index in [2.05, 4.69) is 0 Å². The lowest BCUT2D eigenvalue weighted by molar-refractivity contribution is -0.159. The van der Waals surface area contributed by atoms with Crippen molar-refractivity contribution in [1.82, 2.24) is 4.90 Å². The highest BCUT2D eigenvalue weighted by Crippen LogP contribution is 2.49. The molecule has 7 heteroatoms. The van der Waals surface area contributed by atoms with Crippen molar-refractivity contribution < 1.29 is 28.2 Å². The average molecular weight is 311 g/mol. The van der Waals surface area contributed by atoms with Gasteiger partial charge < -0.3 is 14.7 Å². The number of benzene rings is 1. The van der Waals surface area contributed by atoms with Crippen LogP contribution in [0.5, 0.6) is 0 Å². The Kier molecular flexibility index (Phi) is 3.82. The van der Waals surface area contributed by atoms with Crippen LogP contribution in [0, 0.1) is 17.6 Å². The highest BCUT2D eigenvalue weighted by Gasteiger charge is 2.48. The second kappa shape index (κ2) is 5.64. The number of amides is 1. The summed E-state index contributed by atoms with van der Waals surface area (Å²) in [5, 5.41) is 8.93. The molecule has 3 rings (SSSR count). The number of carboxylic acid groups (broad SMARTS) is 1. The first-order valence-corrected chi connectivity index (χ1v) is 7.05. The van der Waals surface area contributed by atoms with Gasteiger partial charge in [0.25, 0.3) is 0 Å². The fourth-order valence-corrected chi connectivity index (χ4v) is 2.84. The molecule has 0 spiro atoms. The number of aliphatic carboxylic acids is 1. The van der Waals surface area contributed by atoms with E-state index in [0.717, 1.165) is 18.2 Å². The lowest BCUT2D eigenvalue weighted by Crippen LogP contribution is -2.49. The van der Waals surface area contributed by atoms with Crippen molar-refractivity contribution in [2.45, 2.75) is 18.4 Å². The molecule has 1 saturated heterocycles. The number of halogens is 2. The predicted octanol–water partition coefficient (Wildman–Crippen LogP) is 1.38. The number of rotatable bonds is 3. The molecule has 22 heavy (non-hydrogen) atoms. The maximum Gasteiger partial charge on any atom is 0.334 e. The van der Waals surface area contributed by atoms with Gasteiger partial charge in [-0.1, -0.05) is 0 Å². The molecule has 1 saturated carbocycles. The summed E-state index contributed by atoms with van der Waals surface area (Å²) in [7, 11) is 0. The van der Waals surface area contributed by atoms with Gasteiger partial charge in [-0.15, -0.1) is 0 Å². The Bertz CT molecular complexity index is 622. The van der Waals surface area contributed by atoms with Gasteiger partial charge in [0.2, 0.25) is 5.91 Å². The maximum absolute atomic E-state index is 13.7. The number of carbonyl (C=O) groups is 2. The van der Waals surface area contributed by atoms with Crippen LogP contribution in [0.25, 0.3) is 0 Å². The minimum Gasteiger partial charge on any atom is -0.479 e. The molecule has 2 fully saturated rings. The van der Waals surface area contributed by atoms with Crippen LogP contribution in [-0.4, -0.2) is 47.7 Å². The van der Waals surface area contributed by atoms with Gasteiger partial charge in [0, 0.05) is 12.5 Å². The third-order valence-corrected chi connectivity index (χ3v) is 4.12. The monoisotopic (exact) mass is 311 g/mol. The van der Waals surface area contributed by atoms with E-state index in [4.69, 9.17) is 9.84 Å². The molecule has 0 bridgehead atoms. The normalized spacial score (nSPS) is 27.5. The Balaban J connectivity index is 1.67. The molecule has 1 aliphatic heterocycles. The van der Waals surface area contributed by atoms with E-state index in [-0.39, 0.29) is 30.5 Å². The zero-order valence-corrected chi connectivity index (χ0v) is 11.7. The van der Waals surface area contributed by atoms with Gasteiger partial charge in [0.15, 0.2) is 6.10 Å². The van der Waals surface area contributed by atoms with Gasteiger partial charge in [-0.25, -0.2) is 13.6 Å². The van der Waals surface area contributed by atoms with Crippen LogP contribution < -0.4 is 0 Å². The first-order chi connectivity index (χ1) is 10.5. The Morgan fingerprint density at radius 1 is 1.32 bits per heavy atom. The summed E-state index contributed by atoms with van der Waals surface area (Å²) in [5.41, 5.74) is 0.210. The average Bonchev–Trinajstić information content (AvgIpc) is 3.29. The zero-order chi connectivity index (χ0) is 15.9. The van der Waals surface area contributed by atoms with E-state index in [1.54, 1.807) is 0 Å². The summed E-state index contributed by atoms with van der Waals surface area (Å²) < 4.78 is 32.0. The molecule has 0 unspecified atom stereocenters. The molecular formula is C15H15F2NO4. The molecule has 1 heterocycles. The van der Waals surface area contributed by atoms with Gasteiger partial charge in [-0.2, -0.15) is 0 Å². The van der Waals surface area contributed by atoms with E-state index in [9.17, 15) is 18.4 Å². The molecule has 1 N–H and O–H groups in total. The Morgan fingerprint density at radius 3 is 2.82 bits per heavy atom. The highest BCUT2D eigenvalue weighted by molar-refractivity contribution is 5.84. The van der Waals surface area contributed by atoms with Crippen LogP contribution in [0.15, 0.2) is 18.2 Å². The molecule has 5 nitrogen and oxygen atoms in total. The molecule has 3 atom stereocenters. The van der Waals surface area contributed by atoms with Gasteiger partial charge in [-0.05, 0) is 36.1 Å². The van der Waals surface area contributed by atoms with Gasteiger partial charge in [0.1, 0.15) is 11.6 Å². The van der Waals surface area contributed by atoms with E-state index < -0.39 is 29.6 Å². The number of carboxylic acids is 1. The summed E-state index contributed by atoms with van der Waals surface area (Å²) in [6.45, 7) is 0.467. The zero-order valence-electron chi connectivity index (χ0n) is 11.7. The van der Waals surface area contributed by atoms with Crippen molar-refractivity contribution >= 4 is 11.9 Å². The van der Waals surface area contributed by atoms with Crippen LogP contribution >= 0.6 is 0 Å². The molecular weight excluding hydrogens is 296 g/mol. The SMILES string of the molecule is O=C(O)[C@@H]1CN(C(=O)[C@H]2C[C@H]2c2cc(F)ccc2F)CCO1. The lowest BCUT2D eigenvalue weighted by atomic mass is 10.1. The van der Waals surface area contributed by atoms with E-state index in [1.165, 1.54) is 4.90 Å². The molecule has 0 radical (unpaired) electrons. The summed E-state index contributed by atoms with van der Waals surface area (Å²) in [6, 6.07) is 3.21. The van der Waals surface area contributed by atoms with Gasteiger partial charge in [0.05, 0.1) is 13.2 Å². The molecule has 0 aromatic heterocycles. The molecule has 1 aromatic carbocycles. The topological polar surface area (TPSA) is 66.8 Å². The Morgan fingerprint density at radius 2 is 2.09 bits per heavy atom. The summed E-state index contributed by atoms with van der Waals surface area (Å²) in [4.78, 5) is 24.7. The van der Waals surface area contributed by atoms with Crippen molar-refractivity contribution in [2.24, 2.45) is 5.92 Å². The maximum atomic E-state index is 13.7. The summed E-state index contributed by atoms with van der Waals surface area (Å²) in [6.07, 6.45) is -0.574. The van der Waals surface area contributed by atoms with Crippen LogP contribution in [0.1, 0.15) is 17.9 Å². The minimum absolute atomic E-state index is 0.0109. The van der Waals surface area contributed by atoms with Crippen LogP contribution in [0.4, 0.5) is 8.78 Å². The number of hydrogen-bond acceptors (Lipinski definition) is 3. The van der Waals surface area contributed by atoms with Crippen LogP contribution in [0.3, 0.4) is 0 Å². The number of carbonyl (C=O) groups excluding carboxylic acids is 1. The standard InChI is InChI=1S/C15H15F2NO4/c16-8-1-2-12(17)10(5-8)9-6-11(9)14(19)18-3-4-22-13(7-18)15(20)21/h1-2,5,9,11,13H,3-4,6-7H2,(H,20,21)/t9-,11-,13-/m0/s1. The Labute approximate surface area is 125 Å². The molecule has 1 aromatic rings. The van der Waals surface area contributed by atoms with E-state index in [1.807, 2.05) is 0 Å². The van der Waals surface area contributed by atoms with Crippen molar-refractivity contribution in [3.63, 3.8) is 0 Å². The molecule has 118 valence electrons. The van der Waals surface area contributed by atoms with Crippen molar-refractivity contribution in [3.8, 4) is 0 Å². The van der Waals surface area contributed by atoms with Gasteiger partial charge >= 0.3 is 5.97 Å². The molecule has 1 amide bonds. The fraction of sp³-hybridized carbons (Fsp3) is 0.467. The predicted molar refractivity (Wildman–Crippen MR) is 71.2 cm³/mol. The smallest absolute Gasteiger partial charge is 0.334 e. The van der Waals surface area contributed by atoms with Crippen molar-refractivity contribution in [3.05, 3.63) is 35.4 Å². The van der Waals surface area contributed by atoms with E-state index in [0.29, 0.717) is 13.0 Å². The van der Waals surface area contributed by atoms with E-state index >= 15 is 0 Å². The molecule has 2 aliphatic rings. The first-order valence-electron chi connectivity index (χ1n) is 7.05. The third kappa shape index (κ3) is 2.81. The fourth-order valence-electron chi connectivity index (χ4n) is 2.84. The number of hydrogen-bond donors (Lipinski definition) is 1. The second-order valence-electron chi connectivity index (χ2n) is 5.60. The molecule has 1 aliphatic carbocycles. The quantitative estimate of drug-likeness (QED) is 0.916. The first kappa shape index (κ1) is 14.9. The van der Waals surface area contributed by atoms with Crippen molar-refractivity contribution in [2.75, 3.05) is 19.7 Å². The Hall–Kier alpha value is -2.02. The second-order valence-corrected chi connectivity index (χ2v) is 5.60. The number of morpholine rings is 1. The van der Waals surface area contributed by atoms with Crippen LogP contribution in [-0.2, 0) is 14.3 Å². The minimum atomic E-state index is -1.11. The lowest BCUT2D eigenvalue weighted by Gasteiger charge is -2.31. The number of nitrogens with zero attached hydrogens (tertiary/aromatic N) is 1. The summed E-state index contributed by atoms with van der Waals surface area (Å²) >= 11 is 0.